The molecular weight excluding hydrogens is 438 g/mol. The van der Waals surface area contributed by atoms with Gasteiger partial charge in [-0.3, -0.25) is 4.79 Å². The Bertz CT molecular complexity index is 830. The number of esters is 1. The second kappa shape index (κ2) is 10.2. The highest BCUT2D eigenvalue weighted by Gasteiger charge is 2.61. The summed E-state index contributed by atoms with van der Waals surface area (Å²) in [5.41, 5.74) is 2.10. The highest BCUT2D eigenvalue weighted by Crippen LogP contribution is 2.68. The number of hydrogen-bond acceptors (Lipinski definition) is 4. The van der Waals surface area contributed by atoms with E-state index in [0.29, 0.717) is 17.3 Å². The molecule has 3 nitrogen and oxygen atoms in total. The number of nitriles is 1. The summed E-state index contributed by atoms with van der Waals surface area (Å²) in [7, 11) is 0. The Morgan fingerprint density at radius 1 is 1.15 bits per heavy atom. The zero-order valence-corrected chi connectivity index (χ0v) is 23.3. The largest absolute Gasteiger partial charge is 0.462 e. The SMILES string of the molecule is CC(=O)O[C@H]1CC[C@@]2(C)C(=C[C@@H](SC#N)[C@H]3[C@@H]4CC[C@H]([C@H](C)CCCC(C)C)[C@@]4(C)CC[C@@H]32)C1. The zero-order chi connectivity index (χ0) is 24.7. The molecule has 0 N–H and O–H groups in total. The van der Waals surface area contributed by atoms with Gasteiger partial charge in [0.15, 0.2) is 0 Å². The van der Waals surface area contributed by atoms with E-state index in [1.165, 1.54) is 69.2 Å². The van der Waals surface area contributed by atoms with Crippen LogP contribution in [0.4, 0.5) is 0 Å². The number of nitrogens with zero attached hydrogens (tertiary/aromatic N) is 1. The second-order valence-corrected chi connectivity index (χ2v) is 14.0. The quantitative estimate of drug-likeness (QED) is 0.207. The maximum absolute atomic E-state index is 11.6. The molecule has 0 aliphatic heterocycles. The molecule has 3 saturated carbocycles. The van der Waals surface area contributed by atoms with Gasteiger partial charge >= 0.3 is 5.97 Å². The molecule has 0 radical (unpaired) electrons. The number of rotatable bonds is 7. The van der Waals surface area contributed by atoms with Gasteiger partial charge < -0.3 is 4.74 Å². The molecule has 3 fully saturated rings. The Morgan fingerprint density at radius 2 is 1.91 bits per heavy atom. The van der Waals surface area contributed by atoms with E-state index >= 15 is 0 Å². The van der Waals surface area contributed by atoms with Gasteiger partial charge in [0.05, 0.1) is 0 Å². The van der Waals surface area contributed by atoms with Crippen LogP contribution >= 0.6 is 11.8 Å². The van der Waals surface area contributed by atoms with Crippen molar-refractivity contribution < 1.29 is 9.53 Å². The van der Waals surface area contributed by atoms with Crippen molar-refractivity contribution in [3.63, 3.8) is 0 Å². The van der Waals surface area contributed by atoms with Crippen LogP contribution in [0.25, 0.3) is 0 Å². The molecule has 0 aromatic rings. The summed E-state index contributed by atoms with van der Waals surface area (Å²) in [6.07, 6.45) is 14.9. The monoisotopic (exact) mass is 485 g/mol. The number of thiocyanates is 1. The number of thioether (sulfide) groups is 1. The van der Waals surface area contributed by atoms with Crippen LogP contribution < -0.4 is 0 Å². The van der Waals surface area contributed by atoms with E-state index in [4.69, 9.17) is 4.74 Å². The second-order valence-electron chi connectivity index (χ2n) is 13.1. The Hall–Kier alpha value is -0.950. The fourth-order valence-electron chi connectivity index (χ4n) is 9.12. The Morgan fingerprint density at radius 3 is 2.59 bits per heavy atom. The minimum absolute atomic E-state index is 0.0116. The van der Waals surface area contributed by atoms with Crippen LogP contribution in [-0.2, 0) is 9.53 Å². The molecule has 0 amide bonds. The van der Waals surface area contributed by atoms with Crippen LogP contribution in [0.3, 0.4) is 0 Å². The normalized spacial score (nSPS) is 42.1. The molecule has 34 heavy (non-hydrogen) atoms. The van der Waals surface area contributed by atoms with Gasteiger partial charge in [0.25, 0.3) is 0 Å². The lowest BCUT2D eigenvalue weighted by Crippen LogP contribution is -2.54. The van der Waals surface area contributed by atoms with Gasteiger partial charge in [0, 0.05) is 18.6 Å². The smallest absolute Gasteiger partial charge is 0.302 e. The number of hydrogen-bond donors (Lipinski definition) is 0. The molecule has 0 spiro atoms. The van der Waals surface area contributed by atoms with Gasteiger partial charge in [-0.1, -0.05) is 65.5 Å². The minimum Gasteiger partial charge on any atom is -0.462 e. The molecule has 0 bridgehead atoms. The van der Waals surface area contributed by atoms with Gasteiger partial charge in [-0.2, -0.15) is 5.26 Å². The average molecular weight is 486 g/mol. The molecule has 4 aliphatic rings. The first-order chi connectivity index (χ1) is 16.1. The molecule has 0 unspecified atom stereocenters. The highest BCUT2D eigenvalue weighted by atomic mass is 32.2. The van der Waals surface area contributed by atoms with Crippen molar-refractivity contribution in [1.82, 2.24) is 0 Å². The van der Waals surface area contributed by atoms with Gasteiger partial charge in [-0.15, -0.1) is 0 Å². The number of carbonyl (C=O) groups is 1. The molecular formula is C30H47NO2S. The maximum atomic E-state index is 11.6. The predicted octanol–water partition coefficient (Wildman–Crippen LogP) is 8.15. The van der Waals surface area contributed by atoms with Crippen molar-refractivity contribution in [2.75, 3.05) is 0 Å². The molecule has 4 rings (SSSR count). The van der Waals surface area contributed by atoms with Crippen LogP contribution in [0.15, 0.2) is 11.6 Å². The molecule has 4 aliphatic carbocycles. The summed E-state index contributed by atoms with van der Waals surface area (Å²) >= 11 is 1.50. The first-order valence-corrected chi connectivity index (χ1v) is 14.9. The summed E-state index contributed by atoms with van der Waals surface area (Å²) < 4.78 is 5.64. The lowest BCUT2D eigenvalue weighted by molar-refractivity contribution is -0.148. The molecule has 4 heteroatoms. The summed E-state index contributed by atoms with van der Waals surface area (Å²) in [6.45, 7) is 13.9. The third-order valence-corrected chi connectivity index (χ3v) is 11.6. The zero-order valence-electron chi connectivity index (χ0n) is 22.4. The lowest BCUT2D eigenvalue weighted by Gasteiger charge is -2.60. The van der Waals surface area contributed by atoms with Crippen molar-refractivity contribution in [3.8, 4) is 5.40 Å². The van der Waals surface area contributed by atoms with Gasteiger partial charge in [0.1, 0.15) is 11.5 Å². The summed E-state index contributed by atoms with van der Waals surface area (Å²) in [5.74, 6) is 4.26. The predicted molar refractivity (Wildman–Crippen MR) is 141 cm³/mol. The first kappa shape index (κ1) is 26.1. The van der Waals surface area contributed by atoms with Gasteiger partial charge in [0.2, 0.25) is 0 Å². The van der Waals surface area contributed by atoms with Crippen LogP contribution in [0.1, 0.15) is 106 Å². The summed E-state index contributed by atoms with van der Waals surface area (Å²) in [5, 5.41) is 12.5. The van der Waals surface area contributed by atoms with Crippen molar-refractivity contribution in [3.05, 3.63) is 11.6 Å². The lowest BCUT2D eigenvalue weighted by atomic mass is 9.46. The number of ether oxygens (including phenoxy) is 1. The van der Waals surface area contributed by atoms with E-state index in [0.717, 1.165) is 42.9 Å². The Labute approximate surface area is 212 Å². The summed E-state index contributed by atoms with van der Waals surface area (Å²) in [6, 6.07) is 0. The van der Waals surface area contributed by atoms with Crippen molar-refractivity contribution in [1.29, 1.82) is 5.26 Å². The summed E-state index contributed by atoms with van der Waals surface area (Å²) in [4.78, 5) is 11.6. The molecule has 0 aromatic carbocycles. The molecule has 0 aromatic heterocycles. The maximum Gasteiger partial charge on any atom is 0.302 e. The van der Waals surface area contributed by atoms with Gasteiger partial charge in [-0.25, -0.2) is 0 Å². The number of fused-ring (bicyclic) bond motifs is 5. The first-order valence-electron chi connectivity index (χ1n) is 14.0. The van der Waals surface area contributed by atoms with E-state index in [1.54, 1.807) is 0 Å². The van der Waals surface area contributed by atoms with Crippen molar-refractivity contribution >= 4 is 17.7 Å². The Kier molecular flexibility index (Phi) is 7.83. The van der Waals surface area contributed by atoms with E-state index in [2.05, 4.69) is 46.1 Å². The fourth-order valence-corrected chi connectivity index (χ4v) is 10.0. The van der Waals surface area contributed by atoms with Crippen LogP contribution in [0.5, 0.6) is 0 Å². The molecule has 9 atom stereocenters. The van der Waals surface area contributed by atoms with E-state index < -0.39 is 0 Å². The molecule has 190 valence electrons. The Balaban J connectivity index is 1.58. The minimum atomic E-state index is -0.168. The standard InChI is InChI=1S/C30H47NO2S/c1-19(2)8-7-9-20(3)24-10-11-25-28-26(13-15-30(24,25)6)29(5)14-12-23(33-21(4)32)16-22(29)17-27(28)34-18-31/h17,19-20,23-28H,7-16H2,1-6H3/t20-,23+,24-,25+,26+,27-,28+,29+,30-/m1/s1. The van der Waals surface area contributed by atoms with E-state index in [9.17, 15) is 10.1 Å². The van der Waals surface area contributed by atoms with Crippen LogP contribution in [0.2, 0.25) is 0 Å². The van der Waals surface area contributed by atoms with E-state index in [-0.39, 0.29) is 22.7 Å². The van der Waals surface area contributed by atoms with Gasteiger partial charge in [-0.05, 0) is 96.6 Å². The third-order valence-electron chi connectivity index (χ3n) is 10.8. The van der Waals surface area contributed by atoms with Crippen molar-refractivity contribution in [2.24, 2.45) is 46.3 Å². The van der Waals surface area contributed by atoms with E-state index in [1.807, 2.05) is 0 Å². The van der Waals surface area contributed by atoms with Crippen molar-refractivity contribution in [2.45, 2.75) is 117 Å². The fraction of sp³-hybridized carbons (Fsp3) is 0.867. The third kappa shape index (κ3) is 4.72. The molecule has 0 saturated heterocycles. The highest BCUT2D eigenvalue weighted by molar-refractivity contribution is 8.04. The number of carbonyl (C=O) groups excluding carboxylic acids is 1. The average Bonchev–Trinajstić information content (AvgIpc) is 3.11. The van der Waals surface area contributed by atoms with Crippen LogP contribution in [-0.4, -0.2) is 17.3 Å². The topological polar surface area (TPSA) is 50.1 Å². The van der Waals surface area contributed by atoms with Crippen LogP contribution in [0, 0.1) is 57.0 Å². The molecule has 0 heterocycles.